The molecule has 2 heterocycles. The van der Waals surface area contributed by atoms with E-state index in [1.54, 1.807) is 0 Å². The molecule has 0 aromatic heterocycles. The minimum Gasteiger partial charge on any atom is -0.463 e. The molecule has 2 aliphatic rings. The molecule has 0 spiro atoms. The molecular formula is C26H35FO17. The first-order valence-corrected chi connectivity index (χ1v) is 13.2. The Labute approximate surface area is 250 Å². The maximum atomic E-state index is 15.7. The van der Waals surface area contributed by atoms with Crippen molar-refractivity contribution in [3.05, 3.63) is 0 Å². The fourth-order valence-electron chi connectivity index (χ4n) is 4.40. The largest absolute Gasteiger partial charge is 0.463 e. The summed E-state index contributed by atoms with van der Waals surface area (Å²) in [5.74, 6) is -6.26. The first-order chi connectivity index (χ1) is 20.5. The van der Waals surface area contributed by atoms with Crippen LogP contribution in [0.5, 0.6) is 0 Å². The number of carbonyl (C=O) groups excluding carboxylic acids is 7. The van der Waals surface area contributed by atoms with Crippen molar-refractivity contribution in [1.82, 2.24) is 0 Å². The molecule has 2 saturated heterocycles. The van der Waals surface area contributed by atoms with Gasteiger partial charge in [-0.1, -0.05) is 0 Å². The van der Waals surface area contributed by atoms with Gasteiger partial charge in [0, 0.05) is 48.5 Å². The van der Waals surface area contributed by atoms with Gasteiger partial charge in [-0.15, -0.1) is 0 Å². The molecule has 0 N–H and O–H groups in total. The second kappa shape index (κ2) is 16.2. The Morgan fingerprint density at radius 3 is 1.32 bits per heavy atom. The Bertz CT molecular complexity index is 1090. The van der Waals surface area contributed by atoms with Crippen LogP contribution in [-0.4, -0.2) is 116 Å². The molecule has 44 heavy (non-hydrogen) atoms. The van der Waals surface area contributed by atoms with Crippen molar-refractivity contribution in [3.8, 4) is 0 Å². The van der Waals surface area contributed by atoms with Gasteiger partial charge in [-0.2, -0.15) is 0 Å². The van der Waals surface area contributed by atoms with Gasteiger partial charge in [-0.25, -0.2) is 4.39 Å². The monoisotopic (exact) mass is 638 g/mol. The molecule has 0 saturated carbocycles. The lowest BCUT2D eigenvalue weighted by Gasteiger charge is -2.47. The van der Waals surface area contributed by atoms with Crippen LogP contribution in [0.4, 0.5) is 4.39 Å². The molecule has 2 fully saturated rings. The van der Waals surface area contributed by atoms with E-state index in [2.05, 4.69) is 0 Å². The summed E-state index contributed by atoms with van der Waals surface area (Å²) in [6.45, 7) is 5.84. The van der Waals surface area contributed by atoms with Gasteiger partial charge in [0.2, 0.25) is 12.5 Å². The average Bonchev–Trinajstić information content (AvgIpc) is 2.87. The van der Waals surface area contributed by atoms with E-state index in [1.165, 1.54) is 0 Å². The summed E-state index contributed by atoms with van der Waals surface area (Å²) >= 11 is 0. The highest BCUT2D eigenvalue weighted by Crippen LogP contribution is 2.35. The van der Waals surface area contributed by atoms with Crippen LogP contribution in [-0.2, 0) is 80.9 Å². The summed E-state index contributed by atoms with van der Waals surface area (Å²) in [6, 6.07) is 0. The molecule has 2 aliphatic heterocycles. The number of hydrogen-bond acceptors (Lipinski definition) is 17. The minimum absolute atomic E-state index is 0.594. The van der Waals surface area contributed by atoms with Gasteiger partial charge in [0.05, 0.1) is 0 Å². The average molecular weight is 639 g/mol. The fourth-order valence-corrected chi connectivity index (χ4v) is 4.40. The van der Waals surface area contributed by atoms with E-state index in [0.29, 0.717) is 0 Å². The summed E-state index contributed by atoms with van der Waals surface area (Å²) in [6.07, 6.45) is -17.6. The number of alkyl halides is 1. The van der Waals surface area contributed by atoms with E-state index in [9.17, 15) is 33.6 Å². The Kier molecular flexibility index (Phi) is 13.4. The standard InChI is InChI=1S/C26H35FO17/c1-10(28)35-8-17-20(22(38-13(4)31)19(27)25(42-17)41-16(7)34)44-26-24(40-15(6)33)23(39-14(5)32)21(37-12(3)30)18(43-26)9-36-11(2)29/h17-26H,8-9H2,1-7H3/t17-,18-,19-,20-,21-,22-,23+,24-,25-,26+/m1/s1. The molecule has 0 bridgehead atoms. The first kappa shape index (κ1) is 36.3. The molecule has 0 unspecified atom stereocenters. The Morgan fingerprint density at radius 1 is 0.477 bits per heavy atom. The lowest BCUT2D eigenvalue weighted by atomic mass is 9.96. The van der Waals surface area contributed by atoms with E-state index in [4.69, 9.17) is 47.4 Å². The molecule has 0 radical (unpaired) electrons. The molecule has 10 atom stereocenters. The maximum absolute atomic E-state index is 15.7. The van der Waals surface area contributed by atoms with E-state index < -0.39 is 116 Å². The van der Waals surface area contributed by atoms with Gasteiger partial charge >= 0.3 is 41.8 Å². The van der Waals surface area contributed by atoms with E-state index in [1.807, 2.05) is 0 Å². The quantitative estimate of drug-likeness (QED) is 0.207. The second-order valence-electron chi connectivity index (χ2n) is 9.64. The van der Waals surface area contributed by atoms with Crippen LogP contribution < -0.4 is 0 Å². The normalized spacial score (nSPS) is 31.5. The van der Waals surface area contributed by atoms with Gasteiger partial charge in [0.25, 0.3) is 0 Å². The second-order valence-corrected chi connectivity index (χ2v) is 9.64. The van der Waals surface area contributed by atoms with Crippen LogP contribution in [0.1, 0.15) is 48.5 Å². The summed E-state index contributed by atoms with van der Waals surface area (Å²) in [5.41, 5.74) is 0. The maximum Gasteiger partial charge on any atom is 0.305 e. The Hall–Kier alpha value is -3.90. The van der Waals surface area contributed by atoms with Gasteiger partial charge in [-0.05, 0) is 0 Å². The van der Waals surface area contributed by atoms with Gasteiger partial charge in [0.1, 0.15) is 31.5 Å². The minimum atomic E-state index is -2.37. The third-order valence-electron chi connectivity index (χ3n) is 5.85. The van der Waals surface area contributed by atoms with Crippen LogP contribution in [0, 0.1) is 0 Å². The lowest BCUT2D eigenvalue weighted by Crippen LogP contribution is -2.66. The van der Waals surface area contributed by atoms with Crippen LogP contribution >= 0.6 is 0 Å². The lowest BCUT2D eigenvalue weighted by molar-refractivity contribution is -0.352. The Balaban J connectivity index is 2.63. The van der Waals surface area contributed by atoms with Gasteiger partial charge < -0.3 is 47.4 Å². The van der Waals surface area contributed by atoms with Crippen LogP contribution in [0.25, 0.3) is 0 Å². The number of esters is 7. The third-order valence-corrected chi connectivity index (χ3v) is 5.85. The summed E-state index contributed by atoms with van der Waals surface area (Å²) in [7, 11) is 0. The van der Waals surface area contributed by atoms with Gasteiger partial charge in [-0.3, -0.25) is 33.6 Å². The van der Waals surface area contributed by atoms with Crippen molar-refractivity contribution < 1.29 is 85.3 Å². The summed E-state index contributed by atoms with van der Waals surface area (Å²) in [5, 5.41) is 0. The summed E-state index contributed by atoms with van der Waals surface area (Å²) < 4.78 is 69.0. The molecule has 2 rings (SSSR count). The molecule has 248 valence electrons. The predicted molar refractivity (Wildman–Crippen MR) is 134 cm³/mol. The number of hydrogen-bond donors (Lipinski definition) is 0. The van der Waals surface area contributed by atoms with Crippen LogP contribution in [0.3, 0.4) is 0 Å². The van der Waals surface area contributed by atoms with Crippen LogP contribution in [0.2, 0.25) is 0 Å². The smallest absolute Gasteiger partial charge is 0.305 e. The number of halogens is 1. The molecule has 0 aromatic rings. The van der Waals surface area contributed by atoms with Crippen molar-refractivity contribution in [2.75, 3.05) is 13.2 Å². The van der Waals surface area contributed by atoms with Gasteiger partial charge in [0.15, 0.2) is 30.7 Å². The first-order valence-electron chi connectivity index (χ1n) is 13.2. The number of rotatable bonds is 11. The highest BCUT2D eigenvalue weighted by atomic mass is 19.1. The molecule has 18 heteroatoms. The highest BCUT2D eigenvalue weighted by molar-refractivity contribution is 5.69. The van der Waals surface area contributed by atoms with E-state index in [0.717, 1.165) is 48.5 Å². The topological polar surface area (TPSA) is 212 Å². The van der Waals surface area contributed by atoms with Crippen molar-refractivity contribution in [1.29, 1.82) is 0 Å². The van der Waals surface area contributed by atoms with Crippen molar-refractivity contribution in [2.24, 2.45) is 0 Å². The molecule has 17 nitrogen and oxygen atoms in total. The zero-order valence-electron chi connectivity index (χ0n) is 25.0. The zero-order chi connectivity index (χ0) is 33.3. The molecule has 0 aromatic carbocycles. The van der Waals surface area contributed by atoms with Crippen molar-refractivity contribution in [2.45, 2.75) is 110 Å². The predicted octanol–water partition coefficient (Wildman–Crippen LogP) is -0.424. The molecular weight excluding hydrogens is 603 g/mol. The number of ether oxygens (including phenoxy) is 10. The number of carbonyl (C=O) groups is 7. The molecule has 0 aliphatic carbocycles. The summed E-state index contributed by atoms with van der Waals surface area (Å²) in [4.78, 5) is 83.0. The SMILES string of the molecule is CC(=O)OC[C@H]1O[C@@H](O[C@H]2[C@H](OC(C)=O)[C@@H](F)[C@H](OC(C)=O)O[C@@H]2COC(C)=O)[C@H](OC(C)=O)[C@@H](OC(C)=O)[C@@H]1OC(C)=O. The zero-order valence-corrected chi connectivity index (χ0v) is 25.0. The highest BCUT2D eigenvalue weighted by Gasteiger charge is 2.57. The Morgan fingerprint density at radius 2 is 0.864 bits per heavy atom. The van der Waals surface area contributed by atoms with Crippen molar-refractivity contribution >= 4 is 41.8 Å². The van der Waals surface area contributed by atoms with E-state index in [-0.39, 0.29) is 0 Å². The van der Waals surface area contributed by atoms with E-state index >= 15 is 4.39 Å². The molecule has 0 amide bonds. The van der Waals surface area contributed by atoms with Crippen LogP contribution in [0.15, 0.2) is 0 Å². The fraction of sp³-hybridized carbons (Fsp3) is 0.731. The van der Waals surface area contributed by atoms with Crippen molar-refractivity contribution in [3.63, 3.8) is 0 Å². The third kappa shape index (κ3) is 10.7.